The van der Waals surface area contributed by atoms with Crippen LogP contribution in [0.1, 0.15) is 21.9 Å². The molecule has 1 amide bonds. The summed E-state index contributed by atoms with van der Waals surface area (Å²) in [5, 5.41) is 6.70. The molecule has 3 N–H and O–H groups in total. The number of anilines is 1. The highest BCUT2D eigenvalue weighted by Crippen LogP contribution is 2.10. The standard InChI is InChI=1S/C11H14N4O2/c1-7-3-4-9(17-7)11(16)13-5-8-6-14-15(2)10(8)12/h3-4,6H,5,12H2,1-2H3,(H,13,16). The molecule has 0 aliphatic heterocycles. The first-order valence-electron chi connectivity index (χ1n) is 5.19. The highest BCUT2D eigenvalue weighted by molar-refractivity contribution is 5.91. The lowest BCUT2D eigenvalue weighted by Gasteiger charge is -2.02. The van der Waals surface area contributed by atoms with Crippen LogP contribution in [-0.2, 0) is 13.6 Å². The molecule has 0 saturated heterocycles. The Labute approximate surface area is 98.4 Å². The van der Waals surface area contributed by atoms with E-state index in [1.54, 1.807) is 37.0 Å². The van der Waals surface area contributed by atoms with E-state index < -0.39 is 0 Å². The Balaban J connectivity index is 1.99. The van der Waals surface area contributed by atoms with Gasteiger partial charge in [-0.3, -0.25) is 9.48 Å². The van der Waals surface area contributed by atoms with Crippen LogP contribution < -0.4 is 11.1 Å². The van der Waals surface area contributed by atoms with Gasteiger partial charge in [-0.2, -0.15) is 5.10 Å². The molecule has 6 heteroatoms. The molecule has 0 aromatic carbocycles. The summed E-state index contributed by atoms with van der Waals surface area (Å²) in [6.07, 6.45) is 1.63. The highest BCUT2D eigenvalue weighted by atomic mass is 16.3. The summed E-state index contributed by atoms with van der Waals surface area (Å²) in [4.78, 5) is 11.7. The zero-order chi connectivity index (χ0) is 12.4. The lowest BCUT2D eigenvalue weighted by molar-refractivity contribution is 0.0922. The first-order chi connectivity index (χ1) is 8.08. The Hall–Kier alpha value is -2.24. The van der Waals surface area contributed by atoms with Gasteiger partial charge in [0.1, 0.15) is 11.6 Å². The van der Waals surface area contributed by atoms with Gasteiger partial charge in [-0.15, -0.1) is 0 Å². The van der Waals surface area contributed by atoms with Crippen molar-refractivity contribution in [1.82, 2.24) is 15.1 Å². The maximum atomic E-state index is 11.7. The van der Waals surface area contributed by atoms with E-state index in [9.17, 15) is 4.79 Å². The fraction of sp³-hybridized carbons (Fsp3) is 0.273. The Morgan fingerprint density at radius 2 is 2.35 bits per heavy atom. The molecule has 0 saturated carbocycles. The van der Waals surface area contributed by atoms with Crippen molar-refractivity contribution in [3.63, 3.8) is 0 Å². The number of hydrogen-bond acceptors (Lipinski definition) is 4. The summed E-state index contributed by atoms with van der Waals surface area (Å²) in [5.74, 6) is 1.28. The minimum absolute atomic E-state index is 0.263. The first kappa shape index (κ1) is 11.3. The average molecular weight is 234 g/mol. The van der Waals surface area contributed by atoms with E-state index in [4.69, 9.17) is 10.2 Å². The monoisotopic (exact) mass is 234 g/mol. The van der Waals surface area contributed by atoms with Crippen LogP contribution in [0.5, 0.6) is 0 Å². The Morgan fingerprint density at radius 3 is 2.88 bits per heavy atom. The molecule has 0 unspecified atom stereocenters. The summed E-state index contributed by atoms with van der Waals surface area (Å²) in [7, 11) is 1.75. The highest BCUT2D eigenvalue weighted by Gasteiger charge is 2.11. The number of carbonyl (C=O) groups is 1. The number of nitrogens with one attached hydrogen (secondary N) is 1. The van der Waals surface area contributed by atoms with Gasteiger partial charge < -0.3 is 15.5 Å². The van der Waals surface area contributed by atoms with Gasteiger partial charge in [0.2, 0.25) is 0 Å². The number of rotatable bonds is 3. The third-order valence-electron chi connectivity index (χ3n) is 2.47. The molecule has 0 fully saturated rings. The van der Waals surface area contributed by atoms with Crippen molar-refractivity contribution in [2.45, 2.75) is 13.5 Å². The van der Waals surface area contributed by atoms with Crippen LogP contribution in [0.2, 0.25) is 0 Å². The predicted octanol–water partition coefficient (Wildman–Crippen LogP) is 0.834. The second-order valence-corrected chi connectivity index (χ2v) is 3.77. The third-order valence-corrected chi connectivity index (χ3v) is 2.47. The second kappa shape index (κ2) is 4.32. The quantitative estimate of drug-likeness (QED) is 0.823. The van der Waals surface area contributed by atoms with Crippen LogP contribution in [0.4, 0.5) is 5.82 Å². The van der Waals surface area contributed by atoms with Crippen LogP contribution in [0.3, 0.4) is 0 Å². The van der Waals surface area contributed by atoms with E-state index in [0.717, 1.165) is 5.56 Å². The number of aryl methyl sites for hydroxylation is 2. The van der Waals surface area contributed by atoms with Gasteiger partial charge in [-0.05, 0) is 19.1 Å². The number of aromatic nitrogens is 2. The topological polar surface area (TPSA) is 86.1 Å². The van der Waals surface area contributed by atoms with Gasteiger partial charge in [-0.1, -0.05) is 0 Å². The molecule has 6 nitrogen and oxygen atoms in total. The smallest absolute Gasteiger partial charge is 0.287 e. The molecule has 2 aromatic rings. The molecule has 0 atom stereocenters. The van der Waals surface area contributed by atoms with Gasteiger partial charge in [0.25, 0.3) is 5.91 Å². The summed E-state index contributed by atoms with van der Waals surface area (Å²) >= 11 is 0. The van der Waals surface area contributed by atoms with Gasteiger partial charge in [0, 0.05) is 19.2 Å². The van der Waals surface area contributed by atoms with Crippen LogP contribution in [-0.4, -0.2) is 15.7 Å². The lowest BCUT2D eigenvalue weighted by atomic mass is 10.3. The van der Waals surface area contributed by atoms with Crippen molar-refractivity contribution in [3.05, 3.63) is 35.4 Å². The normalized spacial score (nSPS) is 10.5. The molecule has 0 spiro atoms. The Bertz CT molecular complexity index is 541. The summed E-state index contributed by atoms with van der Waals surface area (Å²) < 4.78 is 6.76. The van der Waals surface area contributed by atoms with Crippen LogP contribution in [0.15, 0.2) is 22.7 Å². The molecule has 17 heavy (non-hydrogen) atoms. The Morgan fingerprint density at radius 1 is 1.59 bits per heavy atom. The van der Waals surface area contributed by atoms with E-state index in [2.05, 4.69) is 10.4 Å². The third kappa shape index (κ3) is 2.30. The van der Waals surface area contributed by atoms with Gasteiger partial charge >= 0.3 is 0 Å². The summed E-state index contributed by atoms with van der Waals surface area (Å²) in [6, 6.07) is 3.38. The van der Waals surface area contributed by atoms with Gasteiger partial charge in [-0.25, -0.2) is 0 Å². The van der Waals surface area contributed by atoms with Crippen LogP contribution >= 0.6 is 0 Å². The Kier molecular flexibility index (Phi) is 2.86. The van der Waals surface area contributed by atoms with E-state index in [-0.39, 0.29) is 5.91 Å². The molecule has 90 valence electrons. The number of carbonyl (C=O) groups excluding carboxylic acids is 1. The zero-order valence-electron chi connectivity index (χ0n) is 9.73. The molecular formula is C11H14N4O2. The van der Waals surface area contributed by atoms with Gasteiger partial charge in [0.15, 0.2) is 5.76 Å². The zero-order valence-corrected chi connectivity index (χ0v) is 9.73. The maximum Gasteiger partial charge on any atom is 0.287 e. The van der Waals surface area contributed by atoms with Crippen molar-refractivity contribution in [2.75, 3.05) is 5.73 Å². The molecule has 2 heterocycles. The van der Waals surface area contributed by atoms with E-state index in [0.29, 0.717) is 23.9 Å². The minimum atomic E-state index is -0.263. The summed E-state index contributed by atoms with van der Waals surface area (Å²) in [5.41, 5.74) is 6.54. The number of furan rings is 1. The average Bonchev–Trinajstić information content (AvgIpc) is 2.86. The van der Waals surface area contributed by atoms with Gasteiger partial charge in [0.05, 0.1) is 6.20 Å². The lowest BCUT2D eigenvalue weighted by Crippen LogP contribution is -2.22. The number of nitrogens with two attached hydrogens (primary N) is 1. The van der Waals surface area contributed by atoms with E-state index in [1.165, 1.54) is 0 Å². The molecule has 2 rings (SSSR count). The molecule has 0 aliphatic carbocycles. The maximum absolute atomic E-state index is 11.7. The van der Waals surface area contributed by atoms with Crippen LogP contribution in [0, 0.1) is 6.92 Å². The SMILES string of the molecule is Cc1ccc(C(=O)NCc2cnn(C)c2N)o1. The number of amides is 1. The molecule has 0 aliphatic rings. The fourth-order valence-electron chi connectivity index (χ4n) is 1.45. The first-order valence-corrected chi connectivity index (χ1v) is 5.19. The fourth-order valence-corrected chi connectivity index (χ4v) is 1.45. The second-order valence-electron chi connectivity index (χ2n) is 3.77. The molecule has 0 bridgehead atoms. The molecule has 0 radical (unpaired) electrons. The predicted molar refractivity (Wildman–Crippen MR) is 62.2 cm³/mol. The number of hydrogen-bond donors (Lipinski definition) is 2. The largest absolute Gasteiger partial charge is 0.456 e. The number of nitrogen functional groups attached to an aromatic ring is 1. The molecule has 2 aromatic heterocycles. The van der Waals surface area contributed by atoms with Crippen molar-refractivity contribution < 1.29 is 9.21 Å². The minimum Gasteiger partial charge on any atom is -0.456 e. The molecular weight excluding hydrogens is 220 g/mol. The van der Waals surface area contributed by atoms with Crippen LogP contribution in [0.25, 0.3) is 0 Å². The van der Waals surface area contributed by atoms with E-state index >= 15 is 0 Å². The van der Waals surface area contributed by atoms with E-state index in [1.807, 2.05) is 0 Å². The van der Waals surface area contributed by atoms with Crippen molar-refractivity contribution in [1.29, 1.82) is 0 Å². The van der Waals surface area contributed by atoms with Crippen molar-refractivity contribution >= 4 is 11.7 Å². The van der Waals surface area contributed by atoms with Crippen molar-refractivity contribution in [2.24, 2.45) is 7.05 Å². The van der Waals surface area contributed by atoms with Crippen molar-refractivity contribution in [3.8, 4) is 0 Å². The number of nitrogens with zero attached hydrogens (tertiary/aromatic N) is 2. The summed E-state index contributed by atoms with van der Waals surface area (Å²) in [6.45, 7) is 2.12.